The number of carbonyl (C=O) groups is 3. The first-order chi connectivity index (χ1) is 15.8. The molecule has 1 aliphatic rings. The van der Waals surface area contributed by atoms with Crippen molar-refractivity contribution in [3.63, 3.8) is 0 Å². The van der Waals surface area contributed by atoms with Crippen LogP contribution in [-0.2, 0) is 16.2 Å². The highest BCUT2D eigenvalue weighted by atomic mass is 127. The lowest BCUT2D eigenvalue weighted by molar-refractivity contribution is -0.122. The fourth-order valence-electron chi connectivity index (χ4n) is 3.26. The van der Waals surface area contributed by atoms with Crippen molar-refractivity contribution in [1.29, 1.82) is 0 Å². The number of amides is 4. The molecule has 3 aromatic rings. The van der Waals surface area contributed by atoms with E-state index in [1.165, 1.54) is 18.2 Å². The van der Waals surface area contributed by atoms with Crippen molar-refractivity contribution < 1.29 is 23.5 Å². The first kappa shape index (κ1) is 22.7. The van der Waals surface area contributed by atoms with E-state index < -0.39 is 17.8 Å². The lowest BCUT2D eigenvalue weighted by Crippen LogP contribution is -2.54. The monoisotopic (exact) mass is 556 g/mol. The SMILES string of the molecule is Cc1ccc(N2C(=O)NC(=O)/C(=C\c3ccc(OCc4cccc(F)c4)c(I)c3)C2=O)cc1. The van der Waals surface area contributed by atoms with Crippen LogP contribution < -0.4 is 15.0 Å². The summed E-state index contributed by atoms with van der Waals surface area (Å²) < 4.78 is 19.9. The van der Waals surface area contributed by atoms with Crippen LogP contribution in [0.15, 0.2) is 72.3 Å². The summed E-state index contributed by atoms with van der Waals surface area (Å²) in [7, 11) is 0. The number of barbiturate groups is 1. The van der Waals surface area contributed by atoms with Crippen molar-refractivity contribution in [3.8, 4) is 5.75 Å². The summed E-state index contributed by atoms with van der Waals surface area (Å²) in [6.45, 7) is 2.09. The number of aryl methyl sites for hydroxylation is 1. The van der Waals surface area contributed by atoms with Gasteiger partial charge in [0.2, 0.25) is 0 Å². The molecule has 0 spiro atoms. The highest BCUT2D eigenvalue weighted by molar-refractivity contribution is 14.1. The molecule has 1 fully saturated rings. The van der Waals surface area contributed by atoms with E-state index in [4.69, 9.17) is 4.74 Å². The number of benzene rings is 3. The standard InChI is InChI=1S/C25H18FIN2O4/c1-15-5-8-19(9-6-15)29-24(31)20(23(30)28-25(29)32)12-16-7-10-22(21(27)13-16)33-14-17-3-2-4-18(26)11-17/h2-13H,14H2,1H3,(H,28,30,32)/b20-12+. The van der Waals surface area contributed by atoms with Crippen LogP contribution in [0.3, 0.4) is 0 Å². The number of nitrogens with one attached hydrogen (secondary N) is 1. The second kappa shape index (κ2) is 9.53. The first-order valence-corrected chi connectivity index (χ1v) is 11.0. The largest absolute Gasteiger partial charge is 0.488 e. The third kappa shape index (κ3) is 5.11. The van der Waals surface area contributed by atoms with Crippen LogP contribution in [0, 0.1) is 16.3 Å². The number of carbonyl (C=O) groups excluding carboxylic acids is 3. The van der Waals surface area contributed by atoms with E-state index in [0.29, 0.717) is 22.6 Å². The molecule has 0 aromatic heterocycles. The van der Waals surface area contributed by atoms with E-state index in [9.17, 15) is 18.8 Å². The molecular weight excluding hydrogens is 538 g/mol. The van der Waals surface area contributed by atoms with E-state index >= 15 is 0 Å². The number of ether oxygens (including phenoxy) is 1. The number of halogens is 2. The lowest BCUT2D eigenvalue weighted by Gasteiger charge is -2.26. The second-order valence-corrected chi connectivity index (χ2v) is 8.56. The van der Waals surface area contributed by atoms with E-state index in [1.807, 2.05) is 6.92 Å². The van der Waals surface area contributed by atoms with E-state index in [1.54, 1.807) is 54.6 Å². The molecule has 0 bridgehead atoms. The molecule has 4 amide bonds. The number of rotatable bonds is 5. The van der Waals surface area contributed by atoms with Gasteiger partial charge in [-0.25, -0.2) is 14.1 Å². The van der Waals surface area contributed by atoms with Crippen LogP contribution in [0.1, 0.15) is 16.7 Å². The van der Waals surface area contributed by atoms with Gasteiger partial charge in [-0.05, 0) is 83.1 Å². The molecule has 4 rings (SSSR count). The van der Waals surface area contributed by atoms with Crippen molar-refractivity contribution in [2.24, 2.45) is 0 Å². The van der Waals surface area contributed by atoms with Gasteiger partial charge in [-0.15, -0.1) is 0 Å². The molecule has 0 aliphatic carbocycles. The Morgan fingerprint density at radius 3 is 2.48 bits per heavy atom. The normalized spacial score (nSPS) is 15.1. The summed E-state index contributed by atoms with van der Waals surface area (Å²) in [5.74, 6) is -1.21. The summed E-state index contributed by atoms with van der Waals surface area (Å²) in [4.78, 5) is 38.6. The molecule has 3 aromatic carbocycles. The average molecular weight is 556 g/mol. The number of hydrogen-bond donors (Lipinski definition) is 1. The van der Waals surface area contributed by atoms with Crippen LogP contribution in [0.4, 0.5) is 14.9 Å². The topological polar surface area (TPSA) is 75.7 Å². The summed E-state index contributed by atoms with van der Waals surface area (Å²) in [5.41, 5.74) is 2.48. The van der Waals surface area contributed by atoms with Crippen molar-refractivity contribution in [3.05, 3.63) is 98.4 Å². The van der Waals surface area contributed by atoms with Crippen LogP contribution in [0.5, 0.6) is 5.75 Å². The van der Waals surface area contributed by atoms with E-state index in [-0.39, 0.29) is 18.0 Å². The van der Waals surface area contributed by atoms with Gasteiger partial charge in [-0.2, -0.15) is 0 Å². The van der Waals surface area contributed by atoms with Crippen LogP contribution in [0.2, 0.25) is 0 Å². The van der Waals surface area contributed by atoms with Crippen molar-refractivity contribution in [1.82, 2.24) is 5.32 Å². The summed E-state index contributed by atoms with van der Waals surface area (Å²) in [6.07, 6.45) is 1.43. The Bertz CT molecular complexity index is 1290. The lowest BCUT2D eigenvalue weighted by atomic mass is 10.1. The van der Waals surface area contributed by atoms with Gasteiger partial charge in [-0.1, -0.05) is 35.9 Å². The zero-order valence-corrected chi connectivity index (χ0v) is 19.6. The molecule has 0 atom stereocenters. The average Bonchev–Trinajstić information content (AvgIpc) is 2.77. The molecule has 6 nitrogen and oxygen atoms in total. The van der Waals surface area contributed by atoms with Crippen LogP contribution in [0.25, 0.3) is 6.08 Å². The summed E-state index contributed by atoms with van der Waals surface area (Å²) in [6, 6.07) is 17.4. The van der Waals surface area contributed by atoms with Crippen molar-refractivity contribution in [2.75, 3.05) is 4.90 Å². The van der Waals surface area contributed by atoms with Gasteiger partial charge >= 0.3 is 6.03 Å². The molecule has 33 heavy (non-hydrogen) atoms. The van der Waals surface area contributed by atoms with Gasteiger partial charge in [0, 0.05) is 0 Å². The van der Waals surface area contributed by atoms with Gasteiger partial charge in [0.15, 0.2) is 0 Å². The summed E-state index contributed by atoms with van der Waals surface area (Å²) >= 11 is 2.08. The third-order valence-electron chi connectivity index (χ3n) is 4.94. The fraction of sp³-hybridized carbons (Fsp3) is 0.0800. The zero-order chi connectivity index (χ0) is 23.5. The minimum atomic E-state index is -0.790. The number of nitrogens with zero attached hydrogens (tertiary/aromatic N) is 1. The molecule has 1 aliphatic heterocycles. The fourth-order valence-corrected chi connectivity index (χ4v) is 3.96. The Balaban J connectivity index is 1.56. The predicted molar refractivity (Wildman–Crippen MR) is 130 cm³/mol. The molecule has 0 saturated carbocycles. The first-order valence-electron chi connectivity index (χ1n) is 9.97. The highest BCUT2D eigenvalue weighted by Crippen LogP contribution is 2.26. The Morgan fingerprint density at radius 1 is 1.03 bits per heavy atom. The molecule has 1 N–H and O–H groups in total. The number of anilines is 1. The Hall–Kier alpha value is -3.53. The third-order valence-corrected chi connectivity index (χ3v) is 5.79. The second-order valence-electron chi connectivity index (χ2n) is 7.40. The Kier molecular flexibility index (Phi) is 6.55. The van der Waals surface area contributed by atoms with Crippen molar-refractivity contribution in [2.45, 2.75) is 13.5 Å². The molecule has 0 unspecified atom stereocenters. The van der Waals surface area contributed by atoms with E-state index in [2.05, 4.69) is 27.9 Å². The zero-order valence-electron chi connectivity index (χ0n) is 17.5. The van der Waals surface area contributed by atoms with Crippen LogP contribution in [-0.4, -0.2) is 17.8 Å². The van der Waals surface area contributed by atoms with Crippen LogP contribution >= 0.6 is 22.6 Å². The number of hydrogen-bond acceptors (Lipinski definition) is 4. The van der Waals surface area contributed by atoms with Gasteiger partial charge < -0.3 is 4.74 Å². The number of urea groups is 1. The maximum atomic E-state index is 13.3. The minimum Gasteiger partial charge on any atom is -0.488 e. The smallest absolute Gasteiger partial charge is 0.335 e. The molecule has 1 saturated heterocycles. The highest BCUT2D eigenvalue weighted by Gasteiger charge is 2.36. The molecule has 1 heterocycles. The Labute approximate surface area is 203 Å². The van der Waals surface area contributed by atoms with Gasteiger partial charge in [0.05, 0.1) is 9.26 Å². The molecule has 166 valence electrons. The number of imide groups is 2. The maximum Gasteiger partial charge on any atom is 0.335 e. The Morgan fingerprint density at radius 2 is 1.79 bits per heavy atom. The van der Waals surface area contributed by atoms with Crippen molar-refractivity contribution >= 4 is 52.2 Å². The summed E-state index contributed by atoms with van der Waals surface area (Å²) in [5, 5.41) is 2.21. The molecule has 8 heteroatoms. The molecule has 0 radical (unpaired) electrons. The van der Waals surface area contributed by atoms with Gasteiger partial charge in [-0.3, -0.25) is 14.9 Å². The quantitative estimate of drug-likeness (QED) is 0.273. The van der Waals surface area contributed by atoms with Gasteiger partial charge in [0.1, 0.15) is 23.7 Å². The van der Waals surface area contributed by atoms with Gasteiger partial charge in [0.25, 0.3) is 11.8 Å². The molecular formula is C25H18FIN2O4. The predicted octanol–water partition coefficient (Wildman–Crippen LogP) is 4.98. The maximum absolute atomic E-state index is 13.3. The van der Waals surface area contributed by atoms with E-state index in [0.717, 1.165) is 14.0 Å². The minimum absolute atomic E-state index is 0.153.